The lowest BCUT2D eigenvalue weighted by Crippen LogP contribution is -2.27. The van der Waals surface area contributed by atoms with Crippen molar-refractivity contribution in [3.63, 3.8) is 0 Å². The van der Waals surface area contributed by atoms with E-state index in [1.807, 2.05) is 0 Å². The van der Waals surface area contributed by atoms with Gasteiger partial charge in [-0.05, 0) is 41.6 Å². The predicted molar refractivity (Wildman–Crippen MR) is 93.7 cm³/mol. The minimum absolute atomic E-state index is 0.0473. The molecule has 0 aliphatic rings. The van der Waals surface area contributed by atoms with Crippen molar-refractivity contribution in [1.29, 1.82) is 0 Å². The smallest absolute Gasteiger partial charge is 0.264 e. The second-order valence-corrected chi connectivity index (χ2v) is 6.01. The monoisotopic (exact) mass is 465 g/mol. The number of hydrogen-bond acceptors (Lipinski definition) is 2. The van der Waals surface area contributed by atoms with Crippen molar-refractivity contribution in [2.24, 2.45) is 0 Å². The summed E-state index contributed by atoms with van der Waals surface area (Å²) in [5.41, 5.74) is -1.57. The minimum Gasteiger partial charge on any atom is -0.481 e. The zero-order chi connectivity index (χ0) is 18.6. The molecule has 0 aliphatic heterocycles. The lowest BCUT2D eigenvalue weighted by molar-refractivity contribution is 0.125. The molecule has 0 radical (unpaired) electrons. The average Bonchev–Trinajstić information content (AvgIpc) is 2.53. The van der Waals surface area contributed by atoms with Gasteiger partial charge in [0.2, 0.25) is 0 Å². The Morgan fingerprint density at radius 2 is 1.88 bits per heavy atom. The molecule has 2 rings (SSSR count). The number of alkyl halides is 2. The van der Waals surface area contributed by atoms with Gasteiger partial charge in [-0.25, -0.2) is 17.6 Å². The Morgan fingerprint density at radius 1 is 1.24 bits per heavy atom. The van der Waals surface area contributed by atoms with Crippen LogP contribution in [0.1, 0.15) is 6.92 Å². The van der Waals surface area contributed by atoms with E-state index in [4.69, 9.17) is 4.74 Å². The van der Waals surface area contributed by atoms with E-state index in [-0.39, 0.29) is 21.6 Å². The van der Waals surface area contributed by atoms with E-state index in [0.717, 1.165) is 12.1 Å². The largest absolute Gasteiger partial charge is 0.481 e. The first-order valence-electron chi connectivity index (χ1n) is 7.04. The molecule has 0 aliphatic carbocycles. The molecular formula is C17H12F4INO2. The van der Waals surface area contributed by atoms with Crippen molar-refractivity contribution in [3.05, 3.63) is 49.8 Å². The van der Waals surface area contributed by atoms with E-state index >= 15 is 0 Å². The maximum atomic E-state index is 14.4. The van der Waals surface area contributed by atoms with Gasteiger partial charge in [0, 0.05) is 12.1 Å². The van der Waals surface area contributed by atoms with Crippen LogP contribution in [0.5, 0.6) is 5.75 Å². The summed E-state index contributed by atoms with van der Waals surface area (Å²) in [6.45, 7) is 0.579. The first-order chi connectivity index (χ1) is 11.8. The zero-order valence-electron chi connectivity index (χ0n) is 13.0. The van der Waals surface area contributed by atoms with Gasteiger partial charge in [0.25, 0.3) is 12.0 Å². The molecule has 1 aromatic heterocycles. The molecule has 8 heteroatoms. The summed E-state index contributed by atoms with van der Waals surface area (Å²) in [7, 11) is 0. The highest BCUT2D eigenvalue weighted by Gasteiger charge is 2.20. The van der Waals surface area contributed by atoms with Gasteiger partial charge in [0.05, 0.1) is 21.4 Å². The van der Waals surface area contributed by atoms with E-state index in [0.29, 0.717) is 4.57 Å². The first kappa shape index (κ1) is 19.3. The summed E-state index contributed by atoms with van der Waals surface area (Å²) in [5, 5.41) is 0. The van der Waals surface area contributed by atoms with Crippen LogP contribution in [0.4, 0.5) is 17.6 Å². The molecule has 3 nitrogen and oxygen atoms in total. The van der Waals surface area contributed by atoms with E-state index < -0.39 is 35.7 Å². The predicted octanol–water partition coefficient (Wildman–Crippen LogP) is 4.07. The molecule has 0 amide bonds. The van der Waals surface area contributed by atoms with Crippen molar-refractivity contribution in [1.82, 2.24) is 4.57 Å². The van der Waals surface area contributed by atoms with E-state index in [1.54, 1.807) is 29.5 Å². The van der Waals surface area contributed by atoms with E-state index in [2.05, 4.69) is 11.8 Å². The van der Waals surface area contributed by atoms with Crippen molar-refractivity contribution >= 4 is 22.6 Å². The van der Waals surface area contributed by atoms with Crippen LogP contribution in [0.2, 0.25) is 0 Å². The van der Waals surface area contributed by atoms with Crippen molar-refractivity contribution in [3.8, 4) is 28.8 Å². The molecule has 132 valence electrons. The van der Waals surface area contributed by atoms with Gasteiger partial charge in [-0.3, -0.25) is 4.79 Å². The number of hydrogen-bond donors (Lipinski definition) is 0. The second-order valence-electron chi connectivity index (χ2n) is 4.85. The van der Waals surface area contributed by atoms with Crippen LogP contribution < -0.4 is 10.3 Å². The van der Waals surface area contributed by atoms with Gasteiger partial charge in [-0.1, -0.05) is 5.92 Å². The molecule has 0 atom stereocenters. The second kappa shape index (κ2) is 8.38. The van der Waals surface area contributed by atoms with Gasteiger partial charge < -0.3 is 9.30 Å². The Morgan fingerprint density at radius 3 is 2.44 bits per heavy atom. The molecule has 0 bridgehead atoms. The summed E-state index contributed by atoms with van der Waals surface area (Å²) in [6.07, 6.45) is -2.85. The number of halogens is 5. The Balaban J connectivity index is 2.56. The highest BCUT2D eigenvalue weighted by Crippen LogP contribution is 2.30. The van der Waals surface area contributed by atoms with Crippen LogP contribution in [0, 0.1) is 27.0 Å². The minimum atomic E-state index is -2.85. The van der Waals surface area contributed by atoms with Crippen LogP contribution in [-0.4, -0.2) is 17.6 Å². The van der Waals surface area contributed by atoms with Gasteiger partial charge in [0.1, 0.15) is 24.0 Å². The van der Waals surface area contributed by atoms with Crippen LogP contribution in [-0.2, 0) is 6.54 Å². The van der Waals surface area contributed by atoms with Crippen LogP contribution >= 0.6 is 22.6 Å². The summed E-state index contributed by atoms with van der Waals surface area (Å²) >= 11 is 1.68. The third-order valence-corrected chi connectivity index (χ3v) is 4.03. The quantitative estimate of drug-likeness (QED) is 0.379. The van der Waals surface area contributed by atoms with Crippen LogP contribution in [0.15, 0.2) is 29.1 Å². The number of rotatable bonds is 5. The number of ether oxygens (including phenoxy) is 1. The summed E-state index contributed by atoms with van der Waals surface area (Å²) in [4.78, 5) is 12.1. The highest BCUT2D eigenvalue weighted by molar-refractivity contribution is 14.1. The van der Waals surface area contributed by atoms with Gasteiger partial charge in [-0.15, -0.1) is 5.92 Å². The summed E-state index contributed by atoms with van der Waals surface area (Å²) < 4.78 is 60.3. The normalized spacial score (nSPS) is 10.5. The Kier molecular flexibility index (Phi) is 6.47. The summed E-state index contributed by atoms with van der Waals surface area (Å²) in [5.74, 6) is 3.01. The van der Waals surface area contributed by atoms with Crippen molar-refractivity contribution in [2.45, 2.75) is 19.9 Å². The molecule has 0 spiro atoms. The highest BCUT2D eigenvalue weighted by atomic mass is 127. The van der Waals surface area contributed by atoms with Crippen LogP contribution in [0.3, 0.4) is 0 Å². The fraction of sp³-hybridized carbons (Fsp3) is 0.235. The fourth-order valence-electron chi connectivity index (χ4n) is 2.16. The molecule has 2 aromatic rings. The molecule has 0 saturated heterocycles. The molecular weight excluding hydrogens is 453 g/mol. The molecule has 0 N–H and O–H groups in total. The number of pyridine rings is 1. The molecule has 0 fully saturated rings. The standard InChI is InChI=1S/C17H12F4INO2/c1-2-3-6-25-10-7-11(18)16(12(19)8-10)14-5-4-13(22)17(24)23(14)9-15(20)21/h4-5,7-8,15H,6,9H2,1H3. The molecule has 1 heterocycles. The third-order valence-electron chi connectivity index (χ3n) is 3.21. The Bertz CT molecular complexity index is 877. The first-order valence-corrected chi connectivity index (χ1v) is 8.12. The van der Waals surface area contributed by atoms with Crippen molar-refractivity contribution < 1.29 is 22.3 Å². The Labute approximate surface area is 154 Å². The topological polar surface area (TPSA) is 31.2 Å². The van der Waals surface area contributed by atoms with Gasteiger partial charge in [-0.2, -0.15) is 0 Å². The van der Waals surface area contributed by atoms with E-state index in [1.165, 1.54) is 12.1 Å². The number of benzene rings is 1. The van der Waals surface area contributed by atoms with Crippen molar-refractivity contribution in [2.75, 3.05) is 6.61 Å². The van der Waals surface area contributed by atoms with Gasteiger partial charge in [0.15, 0.2) is 0 Å². The third kappa shape index (κ3) is 4.54. The maximum Gasteiger partial charge on any atom is 0.264 e. The summed E-state index contributed by atoms with van der Waals surface area (Å²) in [6, 6.07) is 4.40. The molecule has 0 saturated carbocycles. The molecule has 1 aromatic carbocycles. The SMILES string of the molecule is CC#CCOc1cc(F)c(-c2ccc(I)c(=O)n2CC(F)F)c(F)c1. The van der Waals surface area contributed by atoms with E-state index in [9.17, 15) is 22.4 Å². The molecule has 0 unspecified atom stereocenters. The lowest BCUT2D eigenvalue weighted by atomic mass is 10.1. The zero-order valence-corrected chi connectivity index (χ0v) is 15.1. The van der Waals surface area contributed by atoms with Crippen LogP contribution in [0.25, 0.3) is 11.3 Å². The average molecular weight is 465 g/mol. The number of aromatic nitrogens is 1. The number of nitrogens with zero attached hydrogens (tertiary/aromatic N) is 1. The maximum absolute atomic E-state index is 14.4. The molecule has 25 heavy (non-hydrogen) atoms. The Hall–Kier alpha value is -2.02. The van der Waals surface area contributed by atoms with Gasteiger partial charge >= 0.3 is 0 Å². The fourth-order valence-corrected chi connectivity index (χ4v) is 2.63. The lowest BCUT2D eigenvalue weighted by Gasteiger charge is -2.15.